The lowest BCUT2D eigenvalue weighted by atomic mass is 9.08. The lowest BCUT2D eigenvalue weighted by molar-refractivity contribution is 0.0516. The number of aliphatic hydroxyl groups is 2. The highest BCUT2D eigenvalue weighted by Gasteiger charge is 2.33. The van der Waals surface area contributed by atoms with Gasteiger partial charge < -0.3 is 88.4 Å². The van der Waals surface area contributed by atoms with Crippen LogP contribution in [0.25, 0.3) is 0 Å². The highest BCUT2D eigenvalue weighted by molar-refractivity contribution is 7.49. The van der Waals surface area contributed by atoms with Gasteiger partial charge in [0.25, 0.3) is 0 Å². The number of nitrogen functional groups attached to an aromatic ring is 1. The summed E-state index contributed by atoms with van der Waals surface area (Å²) in [4.78, 5) is 56.0. The fraction of sp³-hybridized carbons (Fsp3) is 0.250. The van der Waals surface area contributed by atoms with Crippen molar-refractivity contribution >= 4 is 344 Å². The minimum Gasteiger partial charge on any atom is -0.482 e. The number of rotatable bonds is 29. The summed E-state index contributed by atoms with van der Waals surface area (Å²) >= 11 is 82.4. The van der Waals surface area contributed by atoms with E-state index in [0.717, 1.165) is 79.9 Å². The molecule has 0 aliphatic carbocycles. The molecule has 724 valence electrons. The lowest BCUT2D eigenvalue weighted by Crippen LogP contribution is -2.42. The summed E-state index contributed by atoms with van der Waals surface area (Å²) in [5.41, 5.74) is 6.33. The number of aliphatic hydroxyl groups excluding tert-OH is 2. The van der Waals surface area contributed by atoms with Gasteiger partial charge in [0.05, 0.1) is 49.0 Å². The van der Waals surface area contributed by atoms with E-state index in [9.17, 15) is 75.6 Å². The van der Waals surface area contributed by atoms with E-state index in [0.29, 0.717) is 24.1 Å². The van der Waals surface area contributed by atoms with E-state index in [1.54, 1.807) is 27.7 Å². The summed E-state index contributed by atoms with van der Waals surface area (Å²) < 4.78 is 112. The Morgan fingerprint density at radius 3 is 0.879 bits per heavy atom. The van der Waals surface area contributed by atoms with E-state index in [4.69, 9.17) is 197 Å². The molecule has 0 spiro atoms. The predicted molar refractivity (Wildman–Crippen MR) is 565 cm³/mol. The highest BCUT2D eigenvalue weighted by Crippen LogP contribution is 2.44. The number of aromatic nitrogens is 8. The average Bonchev–Trinajstić information content (AvgIpc) is 0.778. The van der Waals surface area contributed by atoms with E-state index < -0.39 is 117 Å². The Bertz CT molecular complexity index is 5640. The zero-order chi connectivity index (χ0) is 105. The van der Waals surface area contributed by atoms with Gasteiger partial charge in [-0.1, -0.05) is 177 Å². The normalized spacial score (nSPS) is 11.1. The highest BCUT2D eigenvalue weighted by atomic mass is 35.5. The van der Waals surface area contributed by atoms with Crippen LogP contribution in [0.5, 0.6) is 23.0 Å². The van der Waals surface area contributed by atoms with Gasteiger partial charge in [-0.3, -0.25) is 0 Å². The van der Waals surface area contributed by atoms with Crippen molar-refractivity contribution in [3.63, 3.8) is 0 Å². The van der Waals surface area contributed by atoms with E-state index >= 15 is 0 Å². The van der Waals surface area contributed by atoms with Crippen LogP contribution >= 0.6 is 162 Å². The maximum Gasteiger partial charge on any atom is 0.397 e. The molecule has 0 fully saturated rings. The number of carboxylic acid groups (broad SMARTS) is 1. The van der Waals surface area contributed by atoms with Gasteiger partial charge in [0, 0.05) is 172 Å². The van der Waals surface area contributed by atoms with Crippen molar-refractivity contribution in [2.24, 2.45) is 0 Å². The van der Waals surface area contributed by atoms with Crippen molar-refractivity contribution in [1.29, 1.82) is 0 Å². The molecule has 6 atom stereocenters. The van der Waals surface area contributed by atoms with Crippen LogP contribution in [0.3, 0.4) is 0 Å². The smallest absolute Gasteiger partial charge is 0.397 e. The standard InChI is InChI=1S/C17H17B2Cl2FN3O5.C15H13B2Cl2FN3O5.C14H12B2Cl3FN3O3.C12H9Cl3FN3O.2C8H7Cl2FO.2CH4.B4.B3.B2.2B/c1-4-29-17(27)12-7-13(16(24-23-12)25(18-8-26)19(3)28)30-9(2)14-10(20)5-6-11(22)15(14)21;1-7(12-8(18)3-4-9(20)13(12)19)28-11-5-10(15(25)26)21-22-14(11)23(16-6-24)17(2)27;1-7(12-8(17)3-4-9(20)13(12)19)26-10-5-11(18)21-22-14(10)23(15-6-24)16(2)25;1-5(10-6(13)2-3-7(16)11(10)15)20-8-4-9(14)18-19-12(8)17;2*1-4(12)7-5(9)2-3-6(11)8(7)10;;;1-4(2)3;1-3-2;1-2;;/h5-9,28H,4H2,1-3H3;3-7,27H,1-2H3,(H,25,26);3-7,25H,1-2H3;2-5H,1H3,(H2,17,19);2*2-4,12H,1H3;2*1H4;;;;;/t9-;2*7-;5-;4-;;;;;;;;/m11111......../s1. The lowest BCUT2D eigenvalue weighted by Gasteiger charge is -2.26. The topological polar surface area (TPSA) is 392 Å². The molecule has 4 aromatic heterocycles. The molecule has 10 rings (SSSR count). The Kier molecular flexibility index (Phi) is 67.2. The first-order valence-electron chi connectivity index (χ1n) is 38.2. The maximum atomic E-state index is 13.9. The number of halogens is 20. The number of carbonyl (C=O) groups excluding carboxylic acids is 4. The second kappa shape index (κ2) is 68.8. The molecular weight excluding hydrogens is 2130 g/mol. The van der Waals surface area contributed by atoms with E-state index in [-0.39, 0.29) is 189 Å². The zero-order valence-corrected chi connectivity index (χ0v) is 84.4. The second-order valence-electron chi connectivity index (χ2n) is 26.3. The molecule has 0 aliphatic heterocycles. The van der Waals surface area contributed by atoms with Crippen LogP contribution in [-0.2, 0) is 19.1 Å². The van der Waals surface area contributed by atoms with Crippen LogP contribution in [0.4, 0.5) is 49.6 Å². The fourth-order valence-corrected chi connectivity index (χ4v) is 14.9. The van der Waals surface area contributed by atoms with Gasteiger partial charge in [-0.15, -0.1) is 40.8 Å². The van der Waals surface area contributed by atoms with E-state index in [1.165, 1.54) is 102 Å². The summed E-state index contributed by atoms with van der Waals surface area (Å²) in [6.07, 6.45) is -4.37. The summed E-state index contributed by atoms with van der Waals surface area (Å²) in [6, 6.07) is 20.0. The molecule has 65 heteroatoms. The molecule has 6 aromatic carbocycles. The number of nitrogens with zero attached hydrogens (tertiary/aromatic N) is 11. The van der Waals surface area contributed by atoms with Gasteiger partial charge in [0.15, 0.2) is 68.0 Å². The van der Waals surface area contributed by atoms with Gasteiger partial charge in [-0.25, -0.2) is 35.9 Å². The first kappa shape index (κ1) is 138. The predicted octanol–water partition coefficient (Wildman–Crippen LogP) is 16.6. The monoisotopic (exact) mass is 2200 g/mol. The number of hydrogen-bond donors (Lipinski definition) is 7. The largest absolute Gasteiger partial charge is 0.482 e. The van der Waals surface area contributed by atoms with Crippen molar-refractivity contribution in [3.8, 4) is 23.0 Å². The average molecular weight is 2200 g/mol. The molecular formula is C76H73B17Cl14F6N12O16. The summed E-state index contributed by atoms with van der Waals surface area (Å²) in [5, 5.41) is 87.4. The zero-order valence-electron chi connectivity index (χ0n) is 73.8. The first-order valence-corrected chi connectivity index (χ1v) is 43.5. The van der Waals surface area contributed by atoms with Crippen molar-refractivity contribution in [2.45, 2.75) is 120 Å². The summed E-state index contributed by atoms with van der Waals surface area (Å²) in [5.74, 6) is -5.89. The molecule has 24 radical (unpaired) electrons. The van der Waals surface area contributed by atoms with Gasteiger partial charge in [-0.05, 0) is 142 Å². The Hall–Kier alpha value is -7.47. The van der Waals surface area contributed by atoms with Gasteiger partial charge in [0.1, 0.15) is 77.9 Å². The SMILES string of the molecule is C.C.CB(O)N([B]C=O)c1nnc(C(=O)O)cc1O[C@H](C)c1c(Cl)ccc(F)c1Cl.CB(O)N([B]C=O)c1nnc(Cl)cc1O[C@H](C)c1c(Cl)ccc(F)c1Cl.CC(O)c1c(Cl)ccc(F)c1Cl.CCOC(=O)c1cc(O[C@H](C)c2c(Cl)ccc(F)c2Cl)c(N([B]C=O)B(C)O)nn1.C[C@@H](O)c1c(Cl)ccc(F)c1Cl.C[C@@H](Oc1cc(Cl)nnc1N)c1c(Cl)ccc(F)c1Cl.[B].[B].[B]B([B])[B].[B][B].[B][B][B]. The molecule has 8 N–H and O–H groups in total. The molecule has 0 bridgehead atoms. The van der Waals surface area contributed by atoms with Crippen LogP contribution in [0.2, 0.25) is 91.0 Å². The van der Waals surface area contributed by atoms with Crippen molar-refractivity contribution < 1.29 is 104 Å². The van der Waals surface area contributed by atoms with Crippen LogP contribution in [0.1, 0.15) is 154 Å². The molecule has 0 aliphatic rings. The Balaban J connectivity index is -0.00000162. The molecule has 10 aromatic rings. The molecule has 0 saturated carbocycles. The number of aromatic carboxylic acids is 1. The molecule has 0 saturated heterocycles. The number of carboxylic acids is 1. The minimum absolute atomic E-state index is 0. The minimum atomic E-state index is -1.37. The van der Waals surface area contributed by atoms with Crippen molar-refractivity contribution in [2.75, 3.05) is 26.5 Å². The number of ether oxygens (including phenoxy) is 5. The number of esters is 1. The third-order valence-corrected chi connectivity index (χ3v) is 21.1. The molecule has 141 heavy (non-hydrogen) atoms. The van der Waals surface area contributed by atoms with Crippen LogP contribution in [0.15, 0.2) is 97.1 Å². The quantitative estimate of drug-likeness (QED) is 0.00752. The van der Waals surface area contributed by atoms with Gasteiger partial charge in [-0.2, -0.15) is 0 Å². The second-order valence-corrected chi connectivity index (χ2v) is 31.8. The van der Waals surface area contributed by atoms with Crippen LogP contribution < -0.4 is 38.8 Å². The third kappa shape index (κ3) is 42.5. The van der Waals surface area contributed by atoms with Crippen molar-refractivity contribution in [1.82, 2.24) is 40.8 Å². The number of carbonyl (C=O) groups is 5. The summed E-state index contributed by atoms with van der Waals surface area (Å²) in [7, 11) is 31.5. The third-order valence-electron chi connectivity index (χ3n) is 16.4. The maximum absolute atomic E-state index is 13.9. The Morgan fingerprint density at radius 2 is 0.638 bits per heavy atom. The number of nitrogens with two attached hydrogens (primary N) is 1. The summed E-state index contributed by atoms with van der Waals surface area (Å²) in [6.45, 7) is 15.2. The molecule has 1 unspecified atom stereocenters. The number of benzene rings is 6. The number of hydrogen-bond acceptors (Lipinski definition) is 27. The Morgan fingerprint density at radius 1 is 0.418 bits per heavy atom. The number of anilines is 4. The van der Waals surface area contributed by atoms with Gasteiger partial charge >= 0.3 is 55.3 Å². The fourth-order valence-electron chi connectivity index (χ4n) is 10.6. The molecule has 28 nitrogen and oxygen atoms in total. The van der Waals surface area contributed by atoms with Crippen LogP contribution in [0, 0.1) is 34.9 Å². The first-order chi connectivity index (χ1) is 64.2. The van der Waals surface area contributed by atoms with Gasteiger partial charge in [0.2, 0.25) is 0 Å². The van der Waals surface area contributed by atoms with Crippen LogP contribution in [-0.4, -0.2) is 236 Å². The Labute approximate surface area is 898 Å². The van der Waals surface area contributed by atoms with E-state index in [2.05, 4.69) is 94.9 Å². The van der Waals surface area contributed by atoms with Crippen molar-refractivity contribution in [3.05, 3.63) is 247 Å². The molecule has 4 heterocycles. The molecule has 0 amide bonds. The van der Waals surface area contributed by atoms with E-state index in [1.807, 2.05) is 0 Å².